The zero-order valence-electron chi connectivity index (χ0n) is 96.7. The molecule has 7 aromatic carbocycles. The SMILES string of the molecule is CC(C)(C)N1C(c2ccccc2C2CC2)CC2CC21.CC(C)(C)N1CC2(CC2)CC1c1ccccc1C1CC1.CC1(C)CCN(C(C)(C)C)C1c1ccccc1C1CC1.CC1CC(c2ccccc2C2CC2)N(C(C)(C)C)C1.CN(C)C1CC(c2ccccc2C2CC2)N(C(C)(C)C)C1.CN(C)C1CC(c2ccccc2C2CC2)N(C(C)(C)C)C1.CN(C)CCOC1CC(c2ccccc2C2CC2)N(C(C)(C)C)C1. The van der Waals surface area contributed by atoms with Crippen molar-refractivity contribution in [2.24, 2.45) is 22.7 Å². The van der Waals surface area contributed by atoms with Gasteiger partial charge in [-0.25, -0.2) is 0 Å². The van der Waals surface area contributed by atoms with Gasteiger partial charge in [0.25, 0.3) is 0 Å². The van der Waals surface area contributed by atoms with Crippen molar-refractivity contribution in [2.45, 2.75) is 467 Å². The molecular weight excluding hydrogens is 1750 g/mol. The normalized spacial score (nSPS) is 28.4. The van der Waals surface area contributed by atoms with Crippen molar-refractivity contribution in [1.29, 1.82) is 0 Å². The van der Waals surface area contributed by atoms with E-state index in [2.05, 4.69) is 427 Å². The first-order valence-electron chi connectivity index (χ1n) is 58.5. The van der Waals surface area contributed by atoms with E-state index in [4.69, 9.17) is 4.74 Å². The molecule has 144 heavy (non-hydrogen) atoms. The van der Waals surface area contributed by atoms with Gasteiger partial charge in [0, 0.05) is 138 Å². The van der Waals surface area contributed by atoms with E-state index in [9.17, 15) is 0 Å². The first-order chi connectivity index (χ1) is 67.9. The van der Waals surface area contributed by atoms with Gasteiger partial charge in [-0.05, 0) is 490 Å². The van der Waals surface area contributed by atoms with Crippen molar-refractivity contribution in [3.63, 3.8) is 0 Å². The molecule has 13 atom stereocenters. The van der Waals surface area contributed by atoms with Crippen molar-refractivity contribution in [3.8, 4) is 0 Å². The van der Waals surface area contributed by atoms with Gasteiger partial charge in [0.2, 0.25) is 0 Å². The lowest BCUT2D eigenvalue weighted by molar-refractivity contribution is 0.0401. The van der Waals surface area contributed by atoms with Crippen LogP contribution in [0.3, 0.4) is 0 Å². The van der Waals surface area contributed by atoms with Crippen LogP contribution in [0.5, 0.6) is 0 Å². The van der Waals surface area contributed by atoms with Crippen molar-refractivity contribution < 1.29 is 4.74 Å². The first-order valence-corrected chi connectivity index (χ1v) is 58.5. The molecule has 13 unspecified atom stereocenters. The Labute approximate surface area is 880 Å². The second-order valence-electron chi connectivity index (χ2n) is 57.2. The summed E-state index contributed by atoms with van der Waals surface area (Å²) in [4.78, 5) is 26.2. The van der Waals surface area contributed by atoms with Crippen molar-refractivity contribution in [1.82, 2.24) is 49.0 Å². The lowest BCUT2D eigenvalue weighted by atomic mass is 9.78. The maximum Gasteiger partial charge on any atom is 0.0721 e. The lowest BCUT2D eigenvalue weighted by Crippen LogP contribution is -2.43. The third-order valence-corrected chi connectivity index (χ3v) is 36.8. The van der Waals surface area contributed by atoms with Gasteiger partial charge < -0.3 is 19.4 Å². The molecule has 23 rings (SSSR count). The van der Waals surface area contributed by atoms with Gasteiger partial charge in [0.05, 0.1) is 12.7 Å². The van der Waals surface area contributed by atoms with E-state index < -0.39 is 0 Å². The Morgan fingerprint density at radius 3 is 0.903 bits per heavy atom. The van der Waals surface area contributed by atoms with Gasteiger partial charge >= 0.3 is 0 Å². The summed E-state index contributed by atoms with van der Waals surface area (Å²) in [5.74, 6) is 7.70. The topological polar surface area (TPSA) is 41.6 Å². The molecule has 11 nitrogen and oxygen atoms in total. The highest BCUT2D eigenvalue weighted by molar-refractivity contribution is 5.45. The average molecular weight is 1960 g/mol. The molecule has 9 aliphatic carbocycles. The van der Waals surface area contributed by atoms with Crippen LogP contribution >= 0.6 is 0 Å². The quantitative estimate of drug-likeness (QED) is 0.0733. The van der Waals surface area contributed by atoms with Gasteiger partial charge in [-0.2, -0.15) is 0 Å². The number of piperidine rings is 1. The maximum absolute atomic E-state index is 6.22. The molecule has 9 saturated carbocycles. The summed E-state index contributed by atoms with van der Waals surface area (Å²) in [6.45, 7) is 66.0. The second-order valence-corrected chi connectivity index (χ2v) is 57.2. The van der Waals surface area contributed by atoms with Gasteiger partial charge in [-0.3, -0.25) is 34.3 Å². The van der Waals surface area contributed by atoms with E-state index in [0.717, 1.165) is 85.4 Å². The van der Waals surface area contributed by atoms with Crippen LogP contribution in [-0.2, 0) is 4.74 Å². The molecule has 0 N–H and O–H groups in total. The molecule has 790 valence electrons. The third kappa shape index (κ3) is 26.7. The summed E-state index contributed by atoms with van der Waals surface area (Å²) in [5, 5.41) is 0. The Bertz CT molecular complexity index is 5180. The standard InChI is InChI=1S/C21H34N2O.2C19H30N2.C19H27N.C19H29N.C18H25N.C18H27N/c1-21(2,3)23-15-17(24-13-12-22(4)5)14-20(23)19-9-7-6-8-18(19)16-10-11-16;2*1-19(2,3)21-13-15(20(4)5)12-18(21)17-9-7-6-8-16(17)14-10-11-14;1-18(2,3)20-13-19(10-11-19)12-17(20)16-7-5-4-6-15(16)14-8-9-14;1-18(2,3)20-13-12-19(4,5)17(20)16-9-7-6-8-15(16)14-10-11-14;1-18(2,3)19-16-10-13(16)11-17(19)15-7-5-4-6-14(15)12-8-9-12;1-13-11-17(19(12-13)18(2,3)4)16-8-6-5-7-15(16)14-9-10-14/h6-9,16-17,20H,10-15H2,1-5H3;2*6-9,14-15,18H,10-13H2,1-5H3;4-7,14,17H,8-13H2,1-3H3;6-9,14,17H,10-13H2,1-5H3;4-7,12-13,16-17H,8-11H2,1-3H3;5-8,13-14,17H,9-12H2,1-4H3. The monoisotopic (exact) mass is 1960 g/mol. The number of fused-ring (bicyclic) bond motifs is 1. The summed E-state index contributed by atoms with van der Waals surface area (Å²) >= 11 is 0. The Balaban J connectivity index is 0.000000115. The van der Waals surface area contributed by atoms with E-state index in [1.54, 1.807) is 77.9 Å². The summed E-state index contributed by atoms with van der Waals surface area (Å²) in [5.41, 5.74) is 25.4. The molecule has 1 spiro atoms. The first kappa shape index (κ1) is 109. The van der Waals surface area contributed by atoms with Gasteiger partial charge in [0.1, 0.15) is 0 Å². The Hall–Kier alpha value is -5.90. The molecule has 7 aromatic rings. The fourth-order valence-electron chi connectivity index (χ4n) is 27.6. The molecule has 7 aliphatic heterocycles. The molecule has 16 fully saturated rings. The number of likely N-dealkylation sites (tertiary alicyclic amines) is 7. The zero-order chi connectivity index (χ0) is 103. The number of hydrogen-bond donors (Lipinski definition) is 0. The predicted octanol–water partition coefficient (Wildman–Crippen LogP) is 31.4. The van der Waals surface area contributed by atoms with Crippen LogP contribution in [-0.4, -0.2) is 207 Å². The Morgan fingerprint density at radius 1 is 0.299 bits per heavy atom. The number of hydrogen-bond acceptors (Lipinski definition) is 11. The highest BCUT2D eigenvalue weighted by Gasteiger charge is 2.58. The van der Waals surface area contributed by atoms with E-state index in [-0.39, 0.29) is 33.2 Å². The van der Waals surface area contributed by atoms with Crippen molar-refractivity contribution >= 4 is 0 Å². The minimum absolute atomic E-state index is 0.168. The highest BCUT2D eigenvalue weighted by Crippen LogP contribution is 2.63. The van der Waals surface area contributed by atoms with Crippen LogP contribution in [0.25, 0.3) is 0 Å². The number of likely N-dealkylation sites (N-methyl/N-ethyl adjacent to an activating group) is 3. The largest absolute Gasteiger partial charge is 0.375 e. The number of nitrogens with zero attached hydrogens (tertiary/aromatic N) is 10. The Kier molecular flexibility index (Phi) is 33.2. The number of ether oxygens (including phenoxy) is 1. The smallest absolute Gasteiger partial charge is 0.0721 e. The molecule has 16 aliphatic rings. The molecule has 11 heteroatoms. The maximum atomic E-state index is 6.22. The Morgan fingerprint density at radius 2 is 0.590 bits per heavy atom. The average Bonchev–Trinajstić information content (AvgIpc) is 1.56. The lowest BCUT2D eigenvalue weighted by Gasteiger charge is -2.42. The van der Waals surface area contributed by atoms with Crippen LogP contribution in [0, 0.1) is 22.7 Å². The van der Waals surface area contributed by atoms with Crippen LogP contribution in [0.1, 0.15) is 482 Å². The summed E-state index contributed by atoms with van der Waals surface area (Å²) < 4.78 is 6.22. The molecule has 0 amide bonds. The minimum Gasteiger partial charge on any atom is -0.375 e. The zero-order valence-corrected chi connectivity index (χ0v) is 96.7. The molecular formula is C133H202N10O. The van der Waals surface area contributed by atoms with Crippen LogP contribution in [0.4, 0.5) is 0 Å². The third-order valence-electron chi connectivity index (χ3n) is 36.8. The fourth-order valence-corrected chi connectivity index (χ4v) is 27.6. The molecule has 7 saturated heterocycles. The van der Waals surface area contributed by atoms with E-state index in [1.165, 1.54) is 180 Å². The van der Waals surface area contributed by atoms with E-state index in [0.29, 0.717) is 76.8 Å². The molecule has 0 bridgehead atoms. The molecule has 0 aromatic heterocycles. The van der Waals surface area contributed by atoms with Crippen molar-refractivity contribution in [3.05, 3.63) is 248 Å². The second kappa shape index (κ2) is 43.7. The summed E-state index contributed by atoms with van der Waals surface area (Å²) in [6, 6.07) is 70.9. The van der Waals surface area contributed by atoms with Crippen molar-refractivity contribution in [2.75, 3.05) is 94.7 Å². The van der Waals surface area contributed by atoms with Crippen LogP contribution in [0.2, 0.25) is 0 Å². The van der Waals surface area contributed by atoms with Crippen LogP contribution < -0.4 is 0 Å². The molecule has 0 radical (unpaired) electrons. The van der Waals surface area contributed by atoms with E-state index in [1.807, 2.05) is 0 Å². The number of rotatable bonds is 20. The van der Waals surface area contributed by atoms with E-state index >= 15 is 0 Å². The fraction of sp³-hybridized carbons (Fsp3) is 0.684. The van der Waals surface area contributed by atoms with Gasteiger partial charge in [0.15, 0.2) is 0 Å². The number of benzene rings is 7. The highest BCUT2D eigenvalue weighted by atomic mass is 16.5. The van der Waals surface area contributed by atoms with Gasteiger partial charge in [-0.1, -0.05) is 191 Å². The van der Waals surface area contributed by atoms with Gasteiger partial charge in [-0.15, -0.1) is 0 Å². The summed E-state index contributed by atoms with van der Waals surface area (Å²) in [6.07, 6.45) is 33.2. The molecule has 7 heterocycles. The minimum atomic E-state index is 0.168. The predicted molar refractivity (Wildman–Crippen MR) is 611 cm³/mol. The summed E-state index contributed by atoms with van der Waals surface area (Å²) in [7, 11) is 13.1. The van der Waals surface area contributed by atoms with Crippen LogP contribution in [0.15, 0.2) is 170 Å².